The van der Waals surface area contributed by atoms with Crippen molar-refractivity contribution in [1.29, 1.82) is 0 Å². The van der Waals surface area contributed by atoms with Gasteiger partial charge in [0.1, 0.15) is 24.1 Å². The first-order chi connectivity index (χ1) is 9.13. The minimum atomic E-state index is -0.967. The summed E-state index contributed by atoms with van der Waals surface area (Å²) in [5.74, 6) is 0.249. The topological polar surface area (TPSA) is 145 Å². The van der Waals surface area contributed by atoms with Crippen molar-refractivity contribution in [1.82, 2.24) is 19.5 Å². The molecule has 1 fully saturated rings. The van der Waals surface area contributed by atoms with Crippen LogP contribution in [0.15, 0.2) is 12.7 Å². The number of hydrogen-bond acceptors (Lipinski definition) is 8. The van der Waals surface area contributed by atoms with Crippen LogP contribution in [0.2, 0.25) is 0 Å². The van der Waals surface area contributed by atoms with Crippen LogP contribution in [0.4, 0.5) is 5.82 Å². The van der Waals surface area contributed by atoms with Gasteiger partial charge < -0.3 is 26.4 Å². The summed E-state index contributed by atoms with van der Waals surface area (Å²) in [5, 5.41) is 19.2. The van der Waals surface area contributed by atoms with Crippen molar-refractivity contribution in [3.05, 3.63) is 12.7 Å². The van der Waals surface area contributed by atoms with Crippen molar-refractivity contribution < 1.29 is 14.9 Å². The van der Waals surface area contributed by atoms with E-state index in [1.165, 1.54) is 17.2 Å². The zero-order valence-electron chi connectivity index (χ0n) is 9.92. The van der Waals surface area contributed by atoms with Gasteiger partial charge in [0.2, 0.25) is 0 Å². The predicted molar refractivity (Wildman–Crippen MR) is 64.7 cm³/mol. The fourth-order valence-electron chi connectivity index (χ4n) is 2.21. The van der Waals surface area contributed by atoms with Crippen LogP contribution in [0.3, 0.4) is 0 Å². The summed E-state index contributed by atoms with van der Waals surface area (Å²) in [6.45, 7) is -0.265. The smallest absolute Gasteiger partial charge is 0.167 e. The standard InChI is InChI=1S/C10H14N6O3/c11-5-4(1-17)19-10(7(5)18)16-3-15-6-8(12)13-2-14-9(6)16/h2-5,7,10,17-18H,1,11H2,(H2,12,13,14)/t4?,5-,7-,10?/m1/s1. The third kappa shape index (κ3) is 1.75. The van der Waals surface area contributed by atoms with Gasteiger partial charge in [0.15, 0.2) is 17.7 Å². The lowest BCUT2D eigenvalue weighted by Gasteiger charge is -2.16. The molecule has 0 spiro atoms. The summed E-state index contributed by atoms with van der Waals surface area (Å²) in [7, 11) is 0. The average molecular weight is 266 g/mol. The summed E-state index contributed by atoms with van der Waals surface area (Å²) >= 11 is 0. The molecule has 19 heavy (non-hydrogen) atoms. The third-order valence-electron chi connectivity index (χ3n) is 3.27. The summed E-state index contributed by atoms with van der Waals surface area (Å²) < 4.78 is 7.06. The number of aliphatic hydroxyl groups excluding tert-OH is 2. The van der Waals surface area contributed by atoms with Crippen molar-refractivity contribution in [3.8, 4) is 0 Å². The first-order valence-electron chi connectivity index (χ1n) is 5.76. The van der Waals surface area contributed by atoms with E-state index in [9.17, 15) is 5.11 Å². The molecule has 0 aliphatic carbocycles. The van der Waals surface area contributed by atoms with Crippen molar-refractivity contribution >= 4 is 17.0 Å². The highest BCUT2D eigenvalue weighted by Crippen LogP contribution is 2.30. The number of anilines is 1. The number of aromatic nitrogens is 4. The summed E-state index contributed by atoms with van der Waals surface area (Å²) in [6.07, 6.45) is 0.408. The van der Waals surface area contributed by atoms with Crippen LogP contribution in [0.25, 0.3) is 11.2 Å². The van der Waals surface area contributed by atoms with Gasteiger partial charge in [-0.1, -0.05) is 0 Å². The van der Waals surface area contributed by atoms with E-state index in [1.807, 2.05) is 0 Å². The highest BCUT2D eigenvalue weighted by molar-refractivity contribution is 5.81. The van der Waals surface area contributed by atoms with Gasteiger partial charge in [-0.15, -0.1) is 0 Å². The molecule has 2 aromatic heterocycles. The molecule has 1 saturated heterocycles. The van der Waals surface area contributed by atoms with E-state index in [-0.39, 0.29) is 12.4 Å². The van der Waals surface area contributed by atoms with E-state index in [4.69, 9.17) is 21.3 Å². The molecule has 102 valence electrons. The monoisotopic (exact) mass is 266 g/mol. The van der Waals surface area contributed by atoms with Gasteiger partial charge in [0, 0.05) is 0 Å². The van der Waals surface area contributed by atoms with Crippen LogP contribution in [0, 0.1) is 0 Å². The van der Waals surface area contributed by atoms with Crippen LogP contribution >= 0.6 is 0 Å². The molecule has 3 rings (SSSR count). The zero-order valence-corrected chi connectivity index (χ0v) is 9.92. The summed E-state index contributed by atoms with van der Waals surface area (Å²) in [5.41, 5.74) is 12.3. The molecule has 9 nitrogen and oxygen atoms in total. The number of nitrogens with two attached hydrogens (primary N) is 2. The van der Waals surface area contributed by atoms with E-state index in [1.54, 1.807) is 0 Å². The molecular formula is C10H14N6O3. The van der Waals surface area contributed by atoms with Crippen LogP contribution < -0.4 is 11.5 Å². The van der Waals surface area contributed by atoms with Crippen LogP contribution in [-0.4, -0.2) is 54.6 Å². The van der Waals surface area contributed by atoms with Crippen LogP contribution in [0.1, 0.15) is 6.23 Å². The average Bonchev–Trinajstić information content (AvgIpc) is 2.94. The van der Waals surface area contributed by atoms with Gasteiger partial charge in [-0.3, -0.25) is 4.57 Å². The van der Waals surface area contributed by atoms with Gasteiger partial charge in [-0.25, -0.2) is 15.0 Å². The Morgan fingerprint density at radius 3 is 2.84 bits per heavy atom. The van der Waals surface area contributed by atoms with E-state index in [2.05, 4.69) is 15.0 Å². The van der Waals surface area contributed by atoms with E-state index >= 15 is 0 Å². The molecule has 4 atom stereocenters. The maximum absolute atomic E-state index is 10.1. The number of fused-ring (bicyclic) bond motifs is 1. The first kappa shape index (κ1) is 12.2. The molecule has 0 bridgehead atoms. The molecule has 3 heterocycles. The highest BCUT2D eigenvalue weighted by atomic mass is 16.5. The zero-order chi connectivity index (χ0) is 13.6. The number of ether oxygens (including phenoxy) is 1. The van der Waals surface area contributed by atoms with E-state index < -0.39 is 24.5 Å². The number of nitrogens with zero attached hydrogens (tertiary/aromatic N) is 4. The predicted octanol–water partition coefficient (Wildman–Crippen LogP) is -2.01. The summed E-state index contributed by atoms with van der Waals surface area (Å²) in [6, 6.07) is -0.674. The molecular weight excluding hydrogens is 252 g/mol. The molecule has 0 saturated carbocycles. The Bertz CT molecular complexity index is 602. The Morgan fingerprint density at radius 2 is 2.16 bits per heavy atom. The number of rotatable bonds is 2. The Balaban J connectivity index is 2.04. The number of imidazole rings is 1. The maximum Gasteiger partial charge on any atom is 0.167 e. The second-order valence-electron chi connectivity index (χ2n) is 4.40. The third-order valence-corrected chi connectivity index (χ3v) is 3.27. The second-order valence-corrected chi connectivity index (χ2v) is 4.40. The molecule has 2 aromatic rings. The van der Waals surface area contributed by atoms with Crippen molar-refractivity contribution in [2.24, 2.45) is 5.73 Å². The van der Waals surface area contributed by atoms with Crippen molar-refractivity contribution in [2.75, 3.05) is 12.3 Å². The molecule has 9 heteroatoms. The normalized spacial score (nSPS) is 31.1. The fraction of sp³-hybridized carbons (Fsp3) is 0.500. The number of aliphatic hydroxyl groups is 2. The first-order valence-corrected chi connectivity index (χ1v) is 5.76. The lowest BCUT2D eigenvalue weighted by molar-refractivity contribution is -0.0488. The SMILES string of the molecule is Nc1ncnc2c1ncn2C1OC(CO)[C@@H](N)[C@H]1O. The van der Waals surface area contributed by atoms with Gasteiger partial charge >= 0.3 is 0 Å². The van der Waals surface area contributed by atoms with Gasteiger partial charge in [-0.05, 0) is 0 Å². The number of hydrogen-bond donors (Lipinski definition) is 4. The minimum absolute atomic E-state index is 0.249. The highest BCUT2D eigenvalue weighted by Gasteiger charge is 2.42. The van der Waals surface area contributed by atoms with Crippen LogP contribution in [0.5, 0.6) is 0 Å². The Labute approximate surface area is 107 Å². The Morgan fingerprint density at radius 1 is 1.37 bits per heavy atom. The second kappa shape index (κ2) is 4.38. The molecule has 2 unspecified atom stereocenters. The maximum atomic E-state index is 10.1. The van der Waals surface area contributed by atoms with Crippen molar-refractivity contribution in [2.45, 2.75) is 24.5 Å². The van der Waals surface area contributed by atoms with Crippen LogP contribution in [-0.2, 0) is 4.74 Å². The fourth-order valence-corrected chi connectivity index (χ4v) is 2.21. The Hall–Kier alpha value is -1.81. The minimum Gasteiger partial charge on any atom is -0.394 e. The van der Waals surface area contributed by atoms with Gasteiger partial charge in [0.05, 0.1) is 19.0 Å². The summed E-state index contributed by atoms with van der Waals surface area (Å²) in [4.78, 5) is 12.0. The van der Waals surface area contributed by atoms with Crippen molar-refractivity contribution in [3.63, 3.8) is 0 Å². The largest absolute Gasteiger partial charge is 0.394 e. The molecule has 1 aliphatic heterocycles. The molecule has 6 N–H and O–H groups in total. The quantitative estimate of drug-likeness (QED) is 0.487. The lowest BCUT2D eigenvalue weighted by Crippen LogP contribution is -2.41. The Kier molecular flexibility index (Phi) is 2.82. The molecule has 0 radical (unpaired) electrons. The molecule has 1 aliphatic rings. The van der Waals surface area contributed by atoms with Gasteiger partial charge in [0.25, 0.3) is 0 Å². The van der Waals surface area contributed by atoms with E-state index in [0.29, 0.717) is 11.2 Å². The number of nitrogen functional groups attached to an aromatic ring is 1. The van der Waals surface area contributed by atoms with Gasteiger partial charge in [-0.2, -0.15) is 0 Å². The lowest BCUT2D eigenvalue weighted by atomic mass is 10.1. The molecule has 0 aromatic carbocycles. The molecule has 0 amide bonds. The van der Waals surface area contributed by atoms with E-state index in [0.717, 1.165) is 0 Å².